The molecule has 0 spiro atoms. The Bertz CT molecular complexity index is 343. The van der Waals surface area contributed by atoms with E-state index in [2.05, 4.69) is 15.9 Å². The van der Waals surface area contributed by atoms with Crippen LogP contribution in [-0.2, 0) is 11.2 Å². The summed E-state index contributed by atoms with van der Waals surface area (Å²) in [5.41, 5.74) is 0.669. The zero-order valence-electron chi connectivity index (χ0n) is 8.54. The molecule has 0 aromatic heterocycles. The number of nitrogens with zero attached hydrogens (tertiary/aromatic N) is 1. The van der Waals surface area contributed by atoms with E-state index in [4.69, 9.17) is 0 Å². The quantitative estimate of drug-likeness (QED) is 0.768. The summed E-state index contributed by atoms with van der Waals surface area (Å²) in [6.45, 7) is 1.06. The molecule has 0 radical (unpaired) electrons. The molecule has 15 heavy (non-hydrogen) atoms. The number of carbonyl (C=O) groups excluding carboxylic acids is 1. The van der Waals surface area contributed by atoms with E-state index in [9.17, 15) is 9.18 Å². The molecule has 0 amide bonds. The van der Waals surface area contributed by atoms with Crippen LogP contribution in [0.5, 0.6) is 0 Å². The van der Waals surface area contributed by atoms with Crippen LogP contribution in [-0.4, -0.2) is 31.3 Å². The summed E-state index contributed by atoms with van der Waals surface area (Å²) in [7, 11) is 1.84. The van der Waals surface area contributed by atoms with Gasteiger partial charge in [-0.3, -0.25) is 4.90 Å². The van der Waals surface area contributed by atoms with Crippen molar-refractivity contribution in [3.8, 4) is 0 Å². The van der Waals surface area contributed by atoms with E-state index in [1.807, 2.05) is 11.9 Å². The lowest BCUT2D eigenvalue weighted by Crippen LogP contribution is -2.23. The van der Waals surface area contributed by atoms with Crippen molar-refractivity contribution in [1.29, 1.82) is 0 Å². The molecule has 4 heteroatoms. The number of likely N-dealkylation sites (N-methyl/N-ethyl adjacent to an activating group) is 1. The summed E-state index contributed by atoms with van der Waals surface area (Å²) in [5, 5.41) is 0. The SMILES string of the molecule is CN(CC=O)CCc1cc(Br)ccc1F. The standard InChI is InChI=1S/C11H13BrFNO/c1-14(6-7-15)5-4-9-8-10(12)2-3-11(9)13/h2-3,7-8H,4-6H2,1H3. The van der Waals surface area contributed by atoms with Crippen molar-refractivity contribution >= 4 is 22.2 Å². The number of hydrogen-bond acceptors (Lipinski definition) is 2. The van der Waals surface area contributed by atoms with Gasteiger partial charge in [0.25, 0.3) is 0 Å². The maximum atomic E-state index is 13.3. The van der Waals surface area contributed by atoms with Crippen LogP contribution in [0, 0.1) is 5.82 Å². The maximum Gasteiger partial charge on any atom is 0.133 e. The Kier molecular flexibility index (Phi) is 4.91. The number of benzene rings is 1. The number of halogens is 2. The molecular formula is C11H13BrFNO. The van der Waals surface area contributed by atoms with Gasteiger partial charge in [0.1, 0.15) is 12.1 Å². The molecule has 0 aliphatic heterocycles. The van der Waals surface area contributed by atoms with Gasteiger partial charge in [-0.2, -0.15) is 0 Å². The molecule has 0 fully saturated rings. The second kappa shape index (κ2) is 5.98. The van der Waals surface area contributed by atoms with Gasteiger partial charge >= 0.3 is 0 Å². The number of rotatable bonds is 5. The highest BCUT2D eigenvalue weighted by Gasteiger charge is 2.04. The smallest absolute Gasteiger partial charge is 0.133 e. The van der Waals surface area contributed by atoms with Gasteiger partial charge in [-0.25, -0.2) is 4.39 Å². The Hall–Kier alpha value is -0.740. The zero-order valence-corrected chi connectivity index (χ0v) is 10.1. The maximum absolute atomic E-state index is 13.3. The van der Waals surface area contributed by atoms with Crippen LogP contribution in [0.4, 0.5) is 4.39 Å². The predicted octanol–water partition coefficient (Wildman–Crippen LogP) is 2.26. The van der Waals surface area contributed by atoms with E-state index in [0.29, 0.717) is 25.1 Å². The Morgan fingerprint density at radius 1 is 1.53 bits per heavy atom. The van der Waals surface area contributed by atoms with Gasteiger partial charge in [-0.05, 0) is 37.2 Å². The molecule has 82 valence electrons. The Labute approximate surface area is 97.2 Å². The summed E-state index contributed by atoms with van der Waals surface area (Å²) in [5.74, 6) is -0.197. The van der Waals surface area contributed by atoms with Crippen LogP contribution in [0.25, 0.3) is 0 Å². The van der Waals surface area contributed by atoms with Gasteiger partial charge < -0.3 is 4.79 Å². The third-order valence-corrected chi connectivity index (χ3v) is 2.65. The minimum absolute atomic E-state index is 0.197. The summed E-state index contributed by atoms with van der Waals surface area (Å²) in [4.78, 5) is 12.1. The summed E-state index contributed by atoms with van der Waals surface area (Å²) < 4.78 is 14.2. The Morgan fingerprint density at radius 3 is 2.93 bits per heavy atom. The molecule has 0 atom stereocenters. The summed E-state index contributed by atoms with van der Waals surface area (Å²) in [6, 6.07) is 4.89. The fraction of sp³-hybridized carbons (Fsp3) is 0.364. The van der Waals surface area contributed by atoms with E-state index < -0.39 is 0 Å². The van der Waals surface area contributed by atoms with Crippen LogP contribution >= 0.6 is 15.9 Å². The lowest BCUT2D eigenvalue weighted by molar-refractivity contribution is -0.108. The average Bonchev–Trinajstić information content (AvgIpc) is 2.20. The molecule has 0 saturated heterocycles. The van der Waals surface area contributed by atoms with E-state index in [1.54, 1.807) is 12.1 Å². The lowest BCUT2D eigenvalue weighted by atomic mass is 10.1. The fourth-order valence-corrected chi connectivity index (χ4v) is 1.67. The number of hydrogen-bond donors (Lipinski definition) is 0. The van der Waals surface area contributed by atoms with E-state index >= 15 is 0 Å². The van der Waals surface area contributed by atoms with Crippen molar-refractivity contribution in [3.63, 3.8) is 0 Å². The van der Waals surface area contributed by atoms with Gasteiger partial charge in [0, 0.05) is 11.0 Å². The van der Waals surface area contributed by atoms with Gasteiger partial charge in [0.05, 0.1) is 6.54 Å². The normalized spacial score (nSPS) is 10.7. The van der Waals surface area contributed by atoms with Gasteiger partial charge in [0.2, 0.25) is 0 Å². The van der Waals surface area contributed by atoms with Gasteiger partial charge in [-0.1, -0.05) is 15.9 Å². The molecule has 0 unspecified atom stereocenters. The first-order valence-corrected chi connectivity index (χ1v) is 5.49. The predicted molar refractivity (Wildman–Crippen MR) is 61.4 cm³/mol. The Balaban J connectivity index is 2.56. The van der Waals surface area contributed by atoms with Crippen molar-refractivity contribution in [2.24, 2.45) is 0 Å². The third-order valence-electron chi connectivity index (χ3n) is 2.16. The molecule has 0 aliphatic rings. The molecule has 0 bridgehead atoms. The van der Waals surface area contributed by atoms with Crippen LogP contribution in [0.15, 0.2) is 22.7 Å². The van der Waals surface area contributed by atoms with Gasteiger partial charge in [0.15, 0.2) is 0 Å². The summed E-state index contributed by atoms with van der Waals surface area (Å²) >= 11 is 3.30. The van der Waals surface area contributed by atoms with Crippen LogP contribution in [0.1, 0.15) is 5.56 Å². The summed E-state index contributed by atoms with van der Waals surface area (Å²) in [6.07, 6.45) is 1.45. The van der Waals surface area contributed by atoms with Gasteiger partial charge in [-0.15, -0.1) is 0 Å². The second-order valence-corrected chi connectivity index (χ2v) is 4.33. The molecule has 0 saturated carbocycles. The lowest BCUT2D eigenvalue weighted by Gasteiger charge is -2.13. The van der Waals surface area contributed by atoms with Crippen molar-refractivity contribution in [3.05, 3.63) is 34.1 Å². The fourth-order valence-electron chi connectivity index (χ4n) is 1.26. The molecule has 1 aromatic rings. The molecule has 0 aliphatic carbocycles. The minimum atomic E-state index is -0.197. The van der Waals surface area contributed by atoms with E-state index in [1.165, 1.54) is 6.07 Å². The van der Waals surface area contributed by atoms with E-state index in [-0.39, 0.29) is 5.82 Å². The third kappa shape index (κ3) is 4.10. The van der Waals surface area contributed by atoms with Crippen molar-refractivity contribution in [2.45, 2.75) is 6.42 Å². The monoisotopic (exact) mass is 273 g/mol. The molecular weight excluding hydrogens is 261 g/mol. The first-order chi connectivity index (χ1) is 7.13. The highest BCUT2D eigenvalue weighted by atomic mass is 79.9. The highest BCUT2D eigenvalue weighted by Crippen LogP contribution is 2.16. The van der Waals surface area contributed by atoms with Crippen LogP contribution in [0.2, 0.25) is 0 Å². The highest BCUT2D eigenvalue weighted by molar-refractivity contribution is 9.10. The van der Waals surface area contributed by atoms with Crippen molar-refractivity contribution in [2.75, 3.05) is 20.1 Å². The van der Waals surface area contributed by atoms with Crippen molar-refractivity contribution in [1.82, 2.24) is 4.90 Å². The average molecular weight is 274 g/mol. The zero-order chi connectivity index (χ0) is 11.3. The first-order valence-electron chi connectivity index (χ1n) is 4.69. The van der Waals surface area contributed by atoms with E-state index in [0.717, 1.165) is 10.8 Å². The molecule has 1 aromatic carbocycles. The first kappa shape index (κ1) is 12.3. The van der Waals surface area contributed by atoms with Crippen LogP contribution < -0.4 is 0 Å². The topological polar surface area (TPSA) is 20.3 Å². The largest absolute Gasteiger partial charge is 0.302 e. The number of carbonyl (C=O) groups is 1. The number of aldehydes is 1. The Morgan fingerprint density at radius 2 is 2.27 bits per heavy atom. The molecule has 2 nitrogen and oxygen atoms in total. The van der Waals surface area contributed by atoms with Crippen molar-refractivity contribution < 1.29 is 9.18 Å². The molecule has 1 rings (SSSR count). The molecule has 0 heterocycles. The minimum Gasteiger partial charge on any atom is -0.302 e. The van der Waals surface area contributed by atoms with Crippen LogP contribution in [0.3, 0.4) is 0 Å². The second-order valence-electron chi connectivity index (χ2n) is 3.41. The molecule has 0 N–H and O–H groups in total.